The summed E-state index contributed by atoms with van der Waals surface area (Å²) < 4.78 is 28.5. The van der Waals surface area contributed by atoms with Gasteiger partial charge in [-0.25, -0.2) is 18.6 Å². The lowest BCUT2D eigenvalue weighted by molar-refractivity contribution is 0.189. The second-order valence-electron chi connectivity index (χ2n) is 8.01. The molecule has 0 saturated heterocycles. The molecule has 13 heteroatoms. The van der Waals surface area contributed by atoms with Crippen molar-refractivity contribution in [1.29, 1.82) is 5.26 Å². The maximum atomic E-state index is 15.0. The van der Waals surface area contributed by atoms with E-state index in [-0.39, 0.29) is 17.2 Å². The van der Waals surface area contributed by atoms with Crippen molar-refractivity contribution < 1.29 is 18.7 Å². The number of nitriles is 1. The number of aryl methyl sites for hydroxylation is 1. The molecule has 0 saturated carbocycles. The number of hydrogen-bond acceptors (Lipinski definition) is 8. The Hall–Kier alpha value is -5.12. The fourth-order valence-corrected chi connectivity index (χ4v) is 3.63. The zero-order chi connectivity index (χ0) is 26.5. The number of pyridine rings is 2. The highest BCUT2D eigenvalue weighted by atomic mass is 19.1. The van der Waals surface area contributed by atoms with E-state index in [9.17, 15) is 23.9 Å². The minimum Gasteiger partial charge on any atom is -0.465 e. The lowest BCUT2D eigenvalue weighted by Crippen LogP contribution is -2.39. The van der Waals surface area contributed by atoms with Gasteiger partial charge in [0.1, 0.15) is 17.6 Å². The first kappa shape index (κ1) is 25.0. The molecule has 0 aliphatic rings. The average Bonchev–Trinajstić information content (AvgIpc) is 3.40. The van der Waals surface area contributed by atoms with Gasteiger partial charge in [0.2, 0.25) is 0 Å². The Bertz CT molecular complexity index is 1450. The summed E-state index contributed by atoms with van der Waals surface area (Å²) >= 11 is 0. The molecule has 0 spiro atoms. The number of amides is 1. The fraction of sp³-hybridized carbons (Fsp3) is 0.167. The minimum atomic E-state index is -1.29. The Balaban J connectivity index is 1.69. The molecule has 4 aromatic rings. The standard InChI is InChI=1S/C24H21F2N9O2/c1-13-20(35-29-7-8-30-35)10-18(12-28-13)32-22-16(11-27)9-19(26)23(34-22)33-21(14(2)31-24(36)37)15-3-5-17(25)6-4-15/h3-10,12,14,21,31H,1-2H3,(H,36,37)(H2,32,33,34)/t14-,21-/m0/s1. The predicted molar refractivity (Wildman–Crippen MR) is 129 cm³/mol. The summed E-state index contributed by atoms with van der Waals surface area (Å²) in [6.45, 7) is 3.35. The molecule has 3 heterocycles. The highest BCUT2D eigenvalue weighted by molar-refractivity contribution is 5.67. The number of hydrogen-bond donors (Lipinski definition) is 4. The number of anilines is 3. The molecule has 1 amide bonds. The van der Waals surface area contributed by atoms with E-state index in [0.717, 1.165) is 6.07 Å². The van der Waals surface area contributed by atoms with Crippen molar-refractivity contribution in [2.45, 2.75) is 25.9 Å². The van der Waals surface area contributed by atoms with E-state index in [1.54, 1.807) is 19.9 Å². The van der Waals surface area contributed by atoms with Gasteiger partial charge >= 0.3 is 6.09 Å². The van der Waals surface area contributed by atoms with Crippen LogP contribution in [0.1, 0.15) is 29.8 Å². The molecule has 0 aliphatic heterocycles. The maximum Gasteiger partial charge on any atom is 0.404 e. The normalized spacial score (nSPS) is 12.3. The third-order valence-electron chi connectivity index (χ3n) is 5.43. The first-order valence-electron chi connectivity index (χ1n) is 11.0. The van der Waals surface area contributed by atoms with Gasteiger partial charge in [-0.05, 0) is 43.7 Å². The van der Waals surface area contributed by atoms with Gasteiger partial charge in [0, 0.05) is 0 Å². The van der Waals surface area contributed by atoms with Crippen LogP contribution < -0.4 is 16.0 Å². The zero-order valence-corrected chi connectivity index (χ0v) is 19.6. The molecule has 2 atom stereocenters. The van der Waals surface area contributed by atoms with Crippen molar-refractivity contribution in [2.24, 2.45) is 0 Å². The fourth-order valence-electron chi connectivity index (χ4n) is 3.63. The summed E-state index contributed by atoms with van der Waals surface area (Å²) in [6, 6.07) is 8.35. The molecule has 0 unspecified atom stereocenters. The Labute approximate surface area is 209 Å². The largest absolute Gasteiger partial charge is 0.465 e. The highest BCUT2D eigenvalue weighted by Gasteiger charge is 2.24. The van der Waals surface area contributed by atoms with E-state index in [1.807, 2.05) is 6.07 Å². The zero-order valence-electron chi connectivity index (χ0n) is 19.6. The van der Waals surface area contributed by atoms with Crippen molar-refractivity contribution in [3.8, 4) is 11.8 Å². The van der Waals surface area contributed by atoms with E-state index < -0.39 is 29.8 Å². The van der Waals surface area contributed by atoms with E-state index >= 15 is 0 Å². The number of rotatable bonds is 8. The van der Waals surface area contributed by atoms with Crippen molar-refractivity contribution >= 4 is 23.4 Å². The highest BCUT2D eigenvalue weighted by Crippen LogP contribution is 2.28. The number of aromatic nitrogens is 5. The average molecular weight is 505 g/mol. The van der Waals surface area contributed by atoms with Crippen LogP contribution in [0, 0.1) is 29.9 Å². The summed E-state index contributed by atoms with van der Waals surface area (Å²) in [7, 11) is 0. The number of nitrogens with zero attached hydrogens (tertiary/aromatic N) is 6. The van der Waals surface area contributed by atoms with Gasteiger partial charge in [-0.3, -0.25) is 4.98 Å². The molecule has 0 fully saturated rings. The van der Waals surface area contributed by atoms with Crippen LogP contribution >= 0.6 is 0 Å². The van der Waals surface area contributed by atoms with E-state index in [4.69, 9.17) is 0 Å². The van der Waals surface area contributed by atoms with Crippen LogP contribution in [-0.4, -0.2) is 42.2 Å². The monoisotopic (exact) mass is 505 g/mol. The molecule has 0 aliphatic carbocycles. The summed E-state index contributed by atoms with van der Waals surface area (Å²) in [5.74, 6) is -1.52. The Morgan fingerprint density at radius 2 is 1.84 bits per heavy atom. The Kier molecular flexibility index (Phi) is 7.19. The lowest BCUT2D eigenvalue weighted by Gasteiger charge is -2.26. The molecular formula is C24H21F2N9O2. The van der Waals surface area contributed by atoms with Crippen molar-refractivity contribution in [3.63, 3.8) is 0 Å². The van der Waals surface area contributed by atoms with E-state index in [0.29, 0.717) is 22.6 Å². The molecular weight excluding hydrogens is 484 g/mol. The van der Waals surface area contributed by atoms with Gasteiger partial charge in [-0.15, -0.1) is 4.80 Å². The Morgan fingerprint density at radius 1 is 1.14 bits per heavy atom. The van der Waals surface area contributed by atoms with Gasteiger partial charge in [-0.2, -0.15) is 15.5 Å². The van der Waals surface area contributed by atoms with Crippen molar-refractivity contribution in [3.05, 3.63) is 83.4 Å². The van der Waals surface area contributed by atoms with Crippen LogP contribution in [0.3, 0.4) is 0 Å². The third kappa shape index (κ3) is 5.76. The van der Waals surface area contributed by atoms with Crippen LogP contribution in [0.2, 0.25) is 0 Å². The van der Waals surface area contributed by atoms with Crippen LogP contribution in [0.5, 0.6) is 0 Å². The van der Waals surface area contributed by atoms with E-state index in [1.165, 1.54) is 47.7 Å². The van der Waals surface area contributed by atoms with Crippen LogP contribution in [-0.2, 0) is 0 Å². The summed E-state index contributed by atoms with van der Waals surface area (Å²) in [4.78, 5) is 21.2. The predicted octanol–water partition coefficient (Wildman–Crippen LogP) is 4.07. The van der Waals surface area contributed by atoms with Gasteiger partial charge in [0.05, 0.1) is 47.6 Å². The molecule has 37 heavy (non-hydrogen) atoms. The Morgan fingerprint density at radius 3 is 2.49 bits per heavy atom. The molecule has 188 valence electrons. The number of carbonyl (C=O) groups is 1. The SMILES string of the molecule is Cc1ncc(Nc2nc(N[C@H](c3ccc(F)cc3)[C@H](C)NC(=O)O)c(F)cc2C#N)cc1-n1nccn1. The van der Waals surface area contributed by atoms with Gasteiger partial charge < -0.3 is 21.1 Å². The van der Waals surface area contributed by atoms with Crippen LogP contribution in [0.15, 0.2) is 55.0 Å². The molecule has 1 aromatic carbocycles. The quantitative estimate of drug-likeness (QED) is 0.277. The smallest absolute Gasteiger partial charge is 0.404 e. The number of nitrogens with one attached hydrogen (secondary N) is 3. The topological polar surface area (TPSA) is 154 Å². The summed E-state index contributed by atoms with van der Waals surface area (Å²) in [5, 5.41) is 35.1. The lowest BCUT2D eigenvalue weighted by atomic mass is 10.00. The van der Waals surface area contributed by atoms with E-state index in [2.05, 4.69) is 36.1 Å². The molecule has 4 rings (SSSR count). The summed E-state index contributed by atoms with van der Waals surface area (Å²) in [6.07, 6.45) is 3.27. The van der Waals surface area contributed by atoms with Crippen LogP contribution in [0.25, 0.3) is 5.69 Å². The molecule has 3 aromatic heterocycles. The van der Waals surface area contributed by atoms with Crippen molar-refractivity contribution in [2.75, 3.05) is 10.6 Å². The molecule has 0 bridgehead atoms. The first-order valence-corrected chi connectivity index (χ1v) is 11.0. The second kappa shape index (κ2) is 10.6. The number of halogens is 2. The molecule has 4 N–H and O–H groups in total. The van der Waals surface area contributed by atoms with Crippen LogP contribution in [0.4, 0.5) is 30.9 Å². The van der Waals surface area contributed by atoms with Crippen molar-refractivity contribution in [1.82, 2.24) is 30.3 Å². The van der Waals surface area contributed by atoms with Gasteiger partial charge in [0.25, 0.3) is 0 Å². The second-order valence-corrected chi connectivity index (χ2v) is 8.01. The third-order valence-corrected chi connectivity index (χ3v) is 5.43. The molecule has 0 radical (unpaired) electrons. The number of benzene rings is 1. The van der Waals surface area contributed by atoms with Gasteiger partial charge in [-0.1, -0.05) is 12.1 Å². The van der Waals surface area contributed by atoms with Gasteiger partial charge in [0.15, 0.2) is 17.5 Å². The first-order chi connectivity index (χ1) is 17.7. The summed E-state index contributed by atoms with van der Waals surface area (Å²) in [5.41, 5.74) is 2.09. The maximum absolute atomic E-state index is 15.0. The molecule has 11 nitrogen and oxygen atoms in total. The number of carboxylic acid groups (broad SMARTS) is 1. The minimum absolute atomic E-state index is 0.0353.